The van der Waals surface area contributed by atoms with Crippen molar-refractivity contribution in [1.29, 1.82) is 5.26 Å². The van der Waals surface area contributed by atoms with Crippen molar-refractivity contribution in [3.8, 4) is 6.07 Å². The molecule has 0 aliphatic carbocycles. The van der Waals surface area contributed by atoms with E-state index in [9.17, 15) is 5.26 Å². The molecule has 0 aliphatic heterocycles. The molecule has 0 saturated heterocycles. The molecule has 0 radical (unpaired) electrons. The molecular weight excluding hydrogens is 218 g/mol. The van der Waals surface area contributed by atoms with Crippen LogP contribution in [-0.2, 0) is 6.42 Å². The van der Waals surface area contributed by atoms with Crippen molar-refractivity contribution in [2.24, 2.45) is 0 Å². The van der Waals surface area contributed by atoms with Crippen LogP contribution in [0.4, 0.5) is 0 Å². The van der Waals surface area contributed by atoms with Gasteiger partial charge in [-0.1, -0.05) is 66.2 Å². The third-order valence-electron chi connectivity index (χ3n) is 2.91. The van der Waals surface area contributed by atoms with E-state index in [1.807, 2.05) is 55.5 Å². The van der Waals surface area contributed by atoms with Gasteiger partial charge in [-0.05, 0) is 24.5 Å². The second-order valence-electron chi connectivity index (χ2n) is 4.30. The van der Waals surface area contributed by atoms with E-state index < -0.39 is 0 Å². The Morgan fingerprint density at radius 1 is 0.944 bits per heavy atom. The SMILES string of the molecule is C/C(Cc1ccccc1)=C(\C#N)c1ccccc1. The first-order chi connectivity index (χ1) is 8.81. The fourth-order valence-electron chi connectivity index (χ4n) is 2.00. The lowest BCUT2D eigenvalue weighted by atomic mass is 9.97. The van der Waals surface area contributed by atoms with Crippen LogP contribution in [-0.4, -0.2) is 0 Å². The standard InChI is InChI=1S/C17H15N/c1-14(12-15-8-4-2-5-9-15)17(13-18)16-10-6-3-7-11-16/h2-11H,12H2,1H3/b17-14-. The summed E-state index contributed by atoms with van der Waals surface area (Å²) < 4.78 is 0. The largest absolute Gasteiger partial charge is 0.192 e. The zero-order valence-electron chi connectivity index (χ0n) is 10.4. The predicted molar refractivity (Wildman–Crippen MR) is 74.8 cm³/mol. The van der Waals surface area contributed by atoms with Gasteiger partial charge in [0.1, 0.15) is 0 Å². The fraction of sp³-hybridized carbons (Fsp3) is 0.118. The highest BCUT2D eigenvalue weighted by atomic mass is 14.3. The van der Waals surface area contributed by atoms with E-state index in [0.29, 0.717) is 0 Å². The van der Waals surface area contributed by atoms with Crippen molar-refractivity contribution in [3.63, 3.8) is 0 Å². The molecular formula is C17H15N. The van der Waals surface area contributed by atoms with Crippen molar-refractivity contribution in [1.82, 2.24) is 0 Å². The van der Waals surface area contributed by atoms with E-state index in [1.54, 1.807) is 0 Å². The minimum Gasteiger partial charge on any atom is -0.192 e. The Morgan fingerprint density at radius 3 is 2.06 bits per heavy atom. The second kappa shape index (κ2) is 5.84. The molecule has 2 aromatic carbocycles. The summed E-state index contributed by atoms with van der Waals surface area (Å²) in [5.41, 5.74) is 4.11. The first kappa shape index (κ1) is 12.1. The number of nitrogens with zero attached hydrogens (tertiary/aromatic N) is 1. The van der Waals surface area contributed by atoms with E-state index in [0.717, 1.165) is 23.1 Å². The number of hydrogen-bond acceptors (Lipinski definition) is 1. The third kappa shape index (κ3) is 2.87. The summed E-state index contributed by atoms with van der Waals surface area (Å²) in [7, 11) is 0. The van der Waals surface area contributed by atoms with E-state index in [1.165, 1.54) is 5.56 Å². The first-order valence-corrected chi connectivity index (χ1v) is 6.00. The Hall–Kier alpha value is -2.33. The Morgan fingerprint density at radius 2 is 1.50 bits per heavy atom. The molecule has 2 rings (SSSR count). The number of allylic oxidation sites excluding steroid dienone is 2. The Balaban J connectivity index is 2.31. The van der Waals surface area contributed by atoms with Crippen LogP contribution < -0.4 is 0 Å². The minimum absolute atomic E-state index is 0.777. The summed E-state index contributed by atoms with van der Waals surface area (Å²) >= 11 is 0. The van der Waals surface area contributed by atoms with Crippen LogP contribution in [0.3, 0.4) is 0 Å². The van der Waals surface area contributed by atoms with Crippen LogP contribution in [0.15, 0.2) is 66.2 Å². The quantitative estimate of drug-likeness (QED) is 0.728. The van der Waals surface area contributed by atoms with E-state index in [-0.39, 0.29) is 0 Å². The molecule has 0 aromatic heterocycles. The van der Waals surface area contributed by atoms with Gasteiger partial charge in [0, 0.05) is 0 Å². The zero-order valence-corrected chi connectivity index (χ0v) is 10.4. The van der Waals surface area contributed by atoms with Crippen LogP contribution in [0.5, 0.6) is 0 Å². The normalized spacial score (nSPS) is 11.6. The summed E-state index contributed by atoms with van der Waals surface area (Å²) in [6, 6.07) is 22.4. The Bertz CT molecular complexity index is 574. The smallest absolute Gasteiger partial charge is 0.0997 e. The van der Waals surface area contributed by atoms with Crippen molar-refractivity contribution in [2.45, 2.75) is 13.3 Å². The monoisotopic (exact) mass is 233 g/mol. The van der Waals surface area contributed by atoms with Crippen LogP contribution in [0.1, 0.15) is 18.1 Å². The molecule has 1 heteroatoms. The third-order valence-corrected chi connectivity index (χ3v) is 2.91. The summed E-state index contributed by atoms with van der Waals surface area (Å²) in [6.45, 7) is 2.03. The lowest BCUT2D eigenvalue weighted by Crippen LogP contribution is -1.92. The molecule has 88 valence electrons. The minimum atomic E-state index is 0.777. The molecule has 1 nitrogen and oxygen atoms in total. The highest BCUT2D eigenvalue weighted by Gasteiger charge is 2.05. The van der Waals surface area contributed by atoms with Gasteiger partial charge in [0.2, 0.25) is 0 Å². The lowest BCUT2D eigenvalue weighted by Gasteiger charge is -2.06. The molecule has 0 aliphatic rings. The maximum absolute atomic E-state index is 9.32. The fourth-order valence-corrected chi connectivity index (χ4v) is 2.00. The molecule has 18 heavy (non-hydrogen) atoms. The summed E-state index contributed by atoms with van der Waals surface area (Å²) in [5.74, 6) is 0. The van der Waals surface area contributed by atoms with E-state index >= 15 is 0 Å². The Kier molecular flexibility index (Phi) is 3.94. The second-order valence-corrected chi connectivity index (χ2v) is 4.30. The molecule has 2 aromatic rings. The average Bonchev–Trinajstić information content (AvgIpc) is 2.42. The summed E-state index contributed by atoms with van der Waals surface area (Å²) in [5, 5.41) is 9.32. The number of nitriles is 1. The number of hydrogen-bond donors (Lipinski definition) is 0. The van der Waals surface area contributed by atoms with E-state index in [2.05, 4.69) is 18.2 Å². The van der Waals surface area contributed by atoms with E-state index in [4.69, 9.17) is 0 Å². The van der Waals surface area contributed by atoms with Crippen molar-refractivity contribution in [3.05, 3.63) is 77.4 Å². The van der Waals surface area contributed by atoms with Gasteiger partial charge in [0.05, 0.1) is 11.6 Å². The molecule has 0 N–H and O–H groups in total. The maximum Gasteiger partial charge on any atom is 0.0997 e. The molecule has 0 amide bonds. The number of benzene rings is 2. The molecule has 0 heterocycles. The van der Waals surface area contributed by atoms with Crippen LogP contribution >= 0.6 is 0 Å². The van der Waals surface area contributed by atoms with Gasteiger partial charge in [-0.3, -0.25) is 0 Å². The van der Waals surface area contributed by atoms with Gasteiger partial charge < -0.3 is 0 Å². The van der Waals surface area contributed by atoms with Crippen LogP contribution in [0.25, 0.3) is 5.57 Å². The predicted octanol–water partition coefficient (Wildman–Crippen LogP) is 4.23. The van der Waals surface area contributed by atoms with Crippen LogP contribution in [0.2, 0.25) is 0 Å². The van der Waals surface area contributed by atoms with Crippen molar-refractivity contribution < 1.29 is 0 Å². The highest BCUT2D eigenvalue weighted by Crippen LogP contribution is 2.20. The van der Waals surface area contributed by atoms with Gasteiger partial charge in [0.15, 0.2) is 0 Å². The van der Waals surface area contributed by atoms with Gasteiger partial charge >= 0.3 is 0 Å². The molecule has 0 unspecified atom stereocenters. The molecule has 0 atom stereocenters. The molecule has 0 fully saturated rings. The van der Waals surface area contributed by atoms with Gasteiger partial charge in [0.25, 0.3) is 0 Å². The molecule has 0 spiro atoms. The van der Waals surface area contributed by atoms with Crippen LogP contribution in [0, 0.1) is 11.3 Å². The summed E-state index contributed by atoms with van der Waals surface area (Å²) in [4.78, 5) is 0. The summed E-state index contributed by atoms with van der Waals surface area (Å²) in [6.07, 6.45) is 0.818. The maximum atomic E-state index is 9.32. The van der Waals surface area contributed by atoms with Crippen molar-refractivity contribution >= 4 is 5.57 Å². The average molecular weight is 233 g/mol. The Labute approximate surface area is 108 Å². The topological polar surface area (TPSA) is 23.8 Å². The van der Waals surface area contributed by atoms with Gasteiger partial charge in [-0.15, -0.1) is 0 Å². The number of rotatable bonds is 3. The lowest BCUT2D eigenvalue weighted by molar-refractivity contribution is 1.15. The van der Waals surface area contributed by atoms with Crippen molar-refractivity contribution in [2.75, 3.05) is 0 Å². The highest BCUT2D eigenvalue weighted by molar-refractivity contribution is 5.79. The zero-order chi connectivity index (χ0) is 12.8. The molecule has 0 saturated carbocycles. The molecule has 0 bridgehead atoms. The van der Waals surface area contributed by atoms with Gasteiger partial charge in [-0.2, -0.15) is 5.26 Å². The van der Waals surface area contributed by atoms with Gasteiger partial charge in [-0.25, -0.2) is 0 Å². The first-order valence-electron chi connectivity index (χ1n) is 6.00.